The van der Waals surface area contributed by atoms with Crippen molar-refractivity contribution in [3.05, 3.63) is 47.8 Å². The number of carboxylic acid groups (broad SMARTS) is 1. The lowest BCUT2D eigenvalue weighted by Gasteiger charge is -2.21. The molecule has 1 aromatic carbocycles. The molecule has 0 spiro atoms. The number of benzene rings is 1. The smallest absolute Gasteiger partial charge is 0.312 e. The number of hydrogen-bond acceptors (Lipinski definition) is 3. The second-order valence-electron chi connectivity index (χ2n) is 4.75. The monoisotopic (exact) mass is 254 g/mol. The van der Waals surface area contributed by atoms with Crippen molar-refractivity contribution in [3.8, 4) is 11.4 Å². The van der Waals surface area contributed by atoms with Crippen molar-refractivity contribution in [2.75, 3.05) is 0 Å². The maximum Gasteiger partial charge on any atom is 0.312 e. The molecule has 0 saturated heterocycles. The summed E-state index contributed by atoms with van der Waals surface area (Å²) in [5.74, 6) is -0.680. The van der Waals surface area contributed by atoms with Crippen molar-refractivity contribution in [3.63, 3.8) is 0 Å². The quantitative estimate of drug-likeness (QED) is 0.894. The van der Waals surface area contributed by atoms with E-state index in [2.05, 4.69) is 9.97 Å². The molecule has 0 aliphatic heterocycles. The SMILES string of the molecule is O=C(O)C1CCCc2cnc(-c3ccccc3)nc21. The summed E-state index contributed by atoms with van der Waals surface area (Å²) in [5, 5.41) is 9.29. The normalized spacial score (nSPS) is 17.8. The molecular weight excluding hydrogens is 240 g/mol. The molecule has 0 bridgehead atoms. The van der Waals surface area contributed by atoms with E-state index in [9.17, 15) is 9.90 Å². The van der Waals surface area contributed by atoms with Crippen molar-refractivity contribution in [2.45, 2.75) is 25.2 Å². The Morgan fingerprint density at radius 3 is 2.79 bits per heavy atom. The second kappa shape index (κ2) is 4.80. The first-order valence-corrected chi connectivity index (χ1v) is 6.40. The molecule has 1 heterocycles. The summed E-state index contributed by atoms with van der Waals surface area (Å²) in [5.41, 5.74) is 2.57. The van der Waals surface area contributed by atoms with Gasteiger partial charge in [-0.2, -0.15) is 0 Å². The molecule has 0 radical (unpaired) electrons. The van der Waals surface area contributed by atoms with Gasteiger partial charge in [0.25, 0.3) is 0 Å². The van der Waals surface area contributed by atoms with Gasteiger partial charge in [-0.05, 0) is 24.8 Å². The van der Waals surface area contributed by atoms with Gasteiger partial charge in [-0.15, -0.1) is 0 Å². The van der Waals surface area contributed by atoms with E-state index < -0.39 is 11.9 Å². The molecule has 0 fully saturated rings. The molecular formula is C15H14N2O2. The lowest BCUT2D eigenvalue weighted by atomic mass is 9.87. The Balaban J connectivity index is 2.07. The third-order valence-electron chi connectivity index (χ3n) is 3.50. The number of hydrogen-bond donors (Lipinski definition) is 1. The van der Waals surface area contributed by atoms with E-state index in [-0.39, 0.29) is 0 Å². The van der Waals surface area contributed by atoms with Crippen LogP contribution in [0.3, 0.4) is 0 Å². The molecule has 1 aliphatic rings. The second-order valence-corrected chi connectivity index (χ2v) is 4.75. The molecule has 1 aromatic heterocycles. The van der Waals surface area contributed by atoms with E-state index in [1.807, 2.05) is 30.3 Å². The summed E-state index contributed by atoms with van der Waals surface area (Å²) in [4.78, 5) is 20.2. The first-order chi connectivity index (χ1) is 9.25. The predicted molar refractivity (Wildman–Crippen MR) is 70.8 cm³/mol. The summed E-state index contributed by atoms with van der Waals surface area (Å²) >= 11 is 0. The molecule has 4 heteroatoms. The van der Waals surface area contributed by atoms with Crippen molar-refractivity contribution >= 4 is 5.97 Å². The fourth-order valence-corrected chi connectivity index (χ4v) is 2.51. The fourth-order valence-electron chi connectivity index (χ4n) is 2.51. The van der Waals surface area contributed by atoms with Crippen LogP contribution in [-0.2, 0) is 11.2 Å². The highest BCUT2D eigenvalue weighted by Crippen LogP contribution is 2.31. The number of rotatable bonds is 2. The predicted octanol–water partition coefficient (Wildman–Crippen LogP) is 2.65. The van der Waals surface area contributed by atoms with Crippen LogP contribution in [0, 0.1) is 0 Å². The van der Waals surface area contributed by atoms with E-state index in [0.717, 1.165) is 24.0 Å². The van der Waals surface area contributed by atoms with Gasteiger partial charge in [0.15, 0.2) is 5.82 Å². The number of aromatic nitrogens is 2. The van der Waals surface area contributed by atoms with Gasteiger partial charge in [0, 0.05) is 11.8 Å². The number of carboxylic acids is 1. The Hall–Kier alpha value is -2.23. The molecule has 4 nitrogen and oxygen atoms in total. The van der Waals surface area contributed by atoms with Gasteiger partial charge in [-0.3, -0.25) is 4.79 Å². The van der Waals surface area contributed by atoms with Gasteiger partial charge < -0.3 is 5.11 Å². The Kier molecular flexibility index (Phi) is 2.99. The molecule has 1 atom stereocenters. The lowest BCUT2D eigenvalue weighted by Crippen LogP contribution is -2.20. The van der Waals surface area contributed by atoms with E-state index in [1.54, 1.807) is 6.20 Å². The average Bonchev–Trinajstić information content (AvgIpc) is 2.47. The topological polar surface area (TPSA) is 63.1 Å². The number of aryl methyl sites for hydroxylation is 1. The lowest BCUT2D eigenvalue weighted by molar-refractivity contribution is -0.139. The zero-order valence-electron chi connectivity index (χ0n) is 10.4. The number of fused-ring (bicyclic) bond motifs is 1. The van der Waals surface area contributed by atoms with Crippen molar-refractivity contribution in [2.24, 2.45) is 0 Å². The standard InChI is InChI=1S/C15H14N2O2/c18-15(19)12-8-4-7-11-9-16-14(17-13(11)12)10-5-2-1-3-6-10/h1-3,5-6,9,12H,4,7-8H2,(H,18,19). The maximum atomic E-state index is 11.3. The van der Waals surface area contributed by atoms with Gasteiger partial charge in [-0.1, -0.05) is 30.3 Å². The van der Waals surface area contributed by atoms with Crippen LogP contribution in [0.15, 0.2) is 36.5 Å². The molecule has 2 aromatic rings. The van der Waals surface area contributed by atoms with Crippen LogP contribution < -0.4 is 0 Å². The van der Waals surface area contributed by atoms with Crippen LogP contribution in [0.1, 0.15) is 30.0 Å². The molecule has 3 rings (SSSR count). The maximum absolute atomic E-state index is 11.3. The minimum atomic E-state index is -0.793. The molecule has 1 aliphatic carbocycles. The highest BCUT2D eigenvalue weighted by atomic mass is 16.4. The fraction of sp³-hybridized carbons (Fsp3) is 0.267. The first-order valence-electron chi connectivity index (χ1n) is 6.40. The van der Waals surface area contributed by atoms with Gasteiger partial charge in [0.1, 0.15) is 0 Å². The van der Waals surface area contributed by atoms with E-state index >= 15 is 0 Å². The summed E-state index contributed by atoms with van der Waals surface area (Å²) in [6, 6.07) is 9.64. The molecule has 96 valence electrons. The van der Waals surface area contributed by atoms with Crippen molar-refractivity contribution in [1.82, 2.24) is 9.97 Å². The summed E-state index contributed by atoms with van der Waals surface area (Å²) < 4.78 is 0. The van der Waals surface area contributed by atoms with Gasteiger partial charge >= 0.3 is 5.97 Å². The van der Waals surface area contributed by atoms with Crippen LogP contribution >= 0.6 is 0 Å². The van der Waals surface area contributed by atoms with Crippen LogP contribution in [0.25, 0.3) is 11.4 Å². The molecule has 0 amide bonds. The summed E-state index contributed by atoms with van der Waals surface area (Å²) in [6.07, 6.45) is 4.19. The minimum Gasteiger partial charge on any atom is -0.481 e. The molecule has 19 heavy (non-hydrogen) atoms. The Morgan fingerprint density at radius 2 is 2.05 bits per heavy atom. The summed E-state index contributed by atoms with van der Waals surface area (Å²) in [7, 11) is 0. The zero-order valence-corrected chi connectivity index (χ0v) is 10.4. The summed E-state index contributed by atoms with van der Waals surface area (Å²) in [6.45, 7) is 0. The molecule has 1 N–H and O–H groups in total. The third-order valence-corrected chi connectivity index (χ3v) is 3.50. The van der Waals surface area contributed by atoms with Gasteiger partial charge in [0.2, 0.25) is 0 Å². The van der Waals surface area contributed by atoms with Crippen LogP contribution in [0.2, 0.25) is 0 Å². The van der Waals surface area contributed by atoms with Crippen LogP contribution in [0.5, 0.6) is 0 Å². The number of nitrogens with zero attached hydrogens (tertiary/aromatic N) is 2. The molecule has 0 saturated carbocycles. The minimum absolute atomic E-state index is 0.491. The Bertz CT molecular complexity index is 611. The van der Waals surface area contributed by atoms with Crippen molar-refractivity contribution in [1.29, 1.82) is 0 Å². The highest BCUT2D eigenvalue weighted by Gasteiger charge is 2.28. The largest absolute Gasteiger partial charge is 0.481 e. The van der Waals surface area contributed by atoms with Gasteiger partial charge in [0.05, 0.1) is 11.6 Å². The van der Waals surface area contributed by atoms with E-state index in [1.165, 1.54) is 0 Å². The third kappa shape index (κ3) is 2.21. The zero-order chi connectivity index (χ0) is 13.2. The van der Waals surface area contributed by atoms with E-state index in [4.69, 9.17) is 0 Å². The number of aliphatic carboxylic acids is 1. The molecule has 1 unspecified atom stereocenters. The van der Waals surface area contributed by atoms with Gasteiger partial charge in [-0.25, -0.2) is 9.97 Å². The van der Waals surface area contributed by atoms with Crippen LogP contribution in [0.4, 0.5) is 0 Å². The Morgan fingerprint density at radius 1 is 1.26 bits per heavy atom. The van der Waals surface area contributed by atoms with Crippen LogP contribution in [-0.4, -0.2) is 21.0 Å². The average molecular weight is 254 g/mol. The van der Waals surface area contributed by atoms with Crippen molar-refractivity contribution < 1.29 is 9.90 Å². The highest BCUT2D eigenvalue weighted by molar-refractivity contribution is 5.76. The Labute approximate surface area is 111 Å². The van der Waals surface area contributed by atoms with E-state index in [0.29, 0.717) is 17.9 Å². The first kappa shape index (κ1) is 11.8. The number of carbonyl (C=O) groups is 1.